The first-order chi connectivity index (χ1) is 18.2. The first-order valence-corrected chi connectivity index (χ1v) is 13.2. The van der Waals surface area contributed by atoms with Gasteiger partial charge in [0.15, 0.2) is 0 Å². The van der Waals surface area contributed by atoms with E-state index in [2.05, 4.69) is 21.3 Å². The Morgan fingerprint density at radius 2 is 1.34 bits per heavy atom. The zero-order valence-electron chi connectivity index (χ0n) is 22.0. The van der Waals surface area contributed by atoms with Crippen molar-refractivity contribution < 1.29 is 24.3 Å². The van der Waals surface area contributed by atoms with E-state index in [1.54, 1.807) is 24.3 Å². The average Bonchev–Trinajstić information content (AvgIpc) is 3.44. The van der Waals surface area contributed by atoms with Gasteiger partial charge in [-0.05, 0) is 42.9 Å². The number of rotatable bonds is 13. The van der Waals surface area contributed by atoms with Crippen LogP contribution in [0.1, 0.15) is 44.2 Å². The fourth-order valence-electron chi connectivity index (χ4n) is 4.54. The minimum Gasteiger partial charge on any atom is -0.480 e. The van der Waals surface area contributed by atoms with E-state index < -0.39 is 35.9 Å². The molecule has 5 N–H and O–H groups in total. The third kappa shape index (κ3) is 8.99. The summed E-state index contributed by atoms with van der Waals surface area (Å²) >= 11 is 0. The van der Waals surface area contributed by atoms with Crippen LogP contribution in [-0.4, -0.2) is 59.5 Å². The molecule has 3 rings (SSSR count). The predicted octanol–water partition coefficient (Wildman–Crippen LogP) is 1.81. The molecule has 38 heavy (non-hydrogen) atoms. The summed E-state index contributed by atoms with van der Waals surface area (Å²) in [5.41, 5.74) is 1.64. The SMILES string of the molecule is CC(C)CC(NC(=O)C(Cc1ccccc1)NC(=O)C1CCCN1)C(=O)NC(Cc1ccccc1)C(=O)O. The van der Waals surface area contributed by atoms with Crippen LogP contribution in [0.3, 0.4) is 0 Å². The van der Waals surface area contributed by atoms with Gasteiger partial charge in [0, 0.05) is 12.8 Å². The number of carboxylic acid groups (broad SMARTS) is 1. The van der Waals surface area contributed by atoms with Gasteiger partial charge in [0.2, 0.25) is 17.7 Å². The maximum absolute atomic E-state index is 13.5. The molecule has 1 aliphatic heterocycles. The second-order valence-electron chi connectivity index (χ2n) is 10.2. The standard InChI is InChI=1S/C29H38N4O5/c1-19(2)16-23(27(35)33-25(29(37)38)18-21-12-7-4-8-13-21)31-28(36)24(17-20-10-5-3-6-11-20)32-26(34)22-14-9-15-30-22/h3-8,10-13,19,22-25,30H,9,14-18H2,1-2H3,(H,31,36)(H,32,34)(H,33,35)(H,37,38). The van der Waals surface area contributed by atoms with Crippen LogP contribution in [0.5, 0.6) is 0 Å². The minimum absolute atomic E-state index is 0.0494. The Morgan fingerprint density at radius 1 is 0.816 bits per heavy atom. The van der Waals surface area contributed by atoms with Crippen molar-refractivity contribution in [2.75, 3.05) is 6.54 Å². The van der Waals surface area contributed by atoms with E-state index in [9.17, 15) is 24.3 Å². The quantitative estimate of drug-likeness (QED) is 0.272. The van der Waals surface area contributed by atoms with Crippen molar-refractivity contribution >= 4 is 23.7 Å². The van der Waals surface area contributed by atoms with Gasteiger partial charge in [-0.25, -0.2) is 4.79 Å². The van der Waals surface area contributed by atoms with E-state index in [4.69, 9.17) is 0 Å². The Bertz CT molecular complexity index is 1070. The summed E-state index contributed by atoms with van der Waals surface area (Å²) < 4.78 is 0. The zero-order valence-corrected chi connectivity index (χ0v) is 22.0. The van der Waals surface area contributed by atoms with Crippen LogP contribution < -0.4 is 21.3 Å². The molecule has 1 heterocycles. The smallest absolute Gasteiger partial charge is 0.326 e. The predicted molar refractivity (Wildman–Crippen MR) is 144 cm³/mol. The summed E-state index contributed by atoms with van der Waals surface area (Å²) in [5, 5.41) is 21.1. The number of amides is 3. The Kier molecular flexibility index (Phi) is 10.8. The second-order valence-corrected chi connectivity index (χ2v) is 10.2. The molecule has 9 nitrogen and oxygen atoms in total. The van der Waals surface area contributed by atoms with E-state index in [-0.39, 0.29) is 30.7 Å². The van der Waals surface area contributed by atoms with Gasteiger partial charge in [-0.2, -0.15) is 0 Å². The van der Waals surface area contributed by atoms with Crippen LogP contribution in [0.25, 0.3) is 0 Å². The van der Waals surface area contributed by atoms with Crippen molar-refractivity contribution in [3.05, 3.63) is 71.8 Å². The van der Waals surface area contributed by atoms with Crippen molar-refractivity contribution in [1.82, 2.24) is 21.3 Å². The number of aliphatic carboxylic acids is 1. The van der Waals surface area contributed by atoms with Gasteiger partial charge in [0.05, 0.1) is 6.04 Å². The average molecular weight is 523 g/mol. The van der Waals surface area contributed by atoms with Crippen LogP contribution >= 0.6 is 0 Å². The highest BCUT2D eigenvalue weighted by atomic mass is 16.4. The molecule has 0 saturated carbocycles. The normalized spacial score (nSPS) is 17.3. The molecule has 2 aromatic carbocycles. The molecule has 0 bridgehead atoms. The number of hydrogen-bond acceptors (Lipinski definition) is 5. The van der Waals surface area contributed by atoms with Gasteiger partial charge in [0.25, 0.3) is 0 Å². The summed E-state index contributed by atoms with van der Waals surface area (Å²) in [6.45, 7) is 4.58. The molecule has 9 heteroatoms. The van der Waals surface area contributed by atoms with E-state index in [0.29, 0.717) is 12.8 Å². The summed E-state index contributed by atoms with van der Waals surface area (Å²) in [5.74, 6) is -2.42. The molecular weight excluding hydrogens is 484 g/mol. The van der Waals surface area contributed by atoms with Gasteiger partial charge in [0.1, 0.15) is 18.1 Å². The van der Waals surface area contributed by atoms with Gasteiger partial charge in [-0.15, -0.1) is 0 Å². The molecule has 204 valence electrons. The summed E-state index contributed by atoms with van der Waals surface area (Å²) in [6.07, 6.45) is 2.27. The highest BCUT2D eigenvalue weighted by molar-refractivity contribution is 5.94. The largest absolute Gasteiger partial charge is 0.480 e. The minimum atomic E-state index is -1.16. The molecule has 3 amide bonds. The topological polar surface area (TPSA) is 137 Å². The fraction of sp³-hybridized carbons (Fsp3) is 0.448. The third-order valence-electron chi connectivity index (χ3n) is 6.53. The van der Waals surface area contributed by atoms with E-state index in [1.165, 1.54) is 0 Å². The van der Waals surface area contributed by atoms with E-state index in [0.717, 1.165) is 24.1 Å². The molecule has 1 saturated heterocycles. The molecule has 1 aliphatic rings. The molecular formula is C29H38N4O5. The lowest BCUT2D eigenvalue weighted by atomic mass is 10.00. The van der Waals surface area contributed by atoms with Crippen molar-refractivity contribution in [2.24, 2.45) is 5.92 Å². The van der Waals surface area contributed by atoms with Crippen LogP contribution in [0.2, 0.25) is 0 Å². The van der Waals surface area contributed by atoms with Crippen LogP contribution in [0, 0.1) is 5.92 Å². The molecule has 0 aliphatic carbocycles. The van der Waals surface area contributed by atoms with E-state index >= 15 is 0 Å². The molecule has 0 radical (unpaired) electrons. The molecule has 0 spiro atoms. The van der Waals surface area contributed by atoms with Crippen molar-refractivity contribution in [2.45, 2.75) is 70.1 Å². The van der Waals surface area contributed by atoms with Gasteiger partial charge >= 0.3 is 5.97 Å². The number of carbonyl (C=O) groups is 4. The van der Waals surface area contributed by atoms with Gasteiger partial charge < -0.3 is 26.4 Å². The Labute approximate surface area is 223 Å². The lowest BCUT2D eigenvalue weighted by Gasteiger charge is -2.26. The highest BCUT2D eigenvalue weighted by Gasteiger charge is 2.32. The van der Waals surface area contributed by atoms with Gasteiger partial charge in [-0.1, -0.05) is 74.5 Å². The number of hydrogen-bond donors (Lipinski definition) is 5. The van der Waals surface area contributed by atoms with Crippen molar-refractivity contribution in [1.29, 1.82) is 0 Å². The number of carboxylic acids is 1. The number of carbonyl (C=O) groups excluding carboxylic acids is 3. The van der Waals surface area contributed by atoms with Gasteiger partial charge in [-0.3, -0.25) is 14.4 Å². The van der Waals surface area contributed by atoms with Crippen LogP contribution in [-0.2, 0) is 32.0 Å². The molecule has 4 atom stereocenters. The first kappa shape index (κ1) is 28.8. The zero-order chi connectivity index (χ0) is 27.5. The summed E-state index contributed by atoms with van der Waals surface area (Å²) in [4.78, 5) is 51.5. The Balaban J connectivity index is 1.74. The monoisotopic (exact) mass is 522 g/mol. The van der Waals surface area contributed by atoms with Crippen molar-refractivity contribution in [3.8, 4) is 0 Å². The molecule has 4 unspecified atom stereocenters. The fourth-order valence-corrected chi connectivity index (χ4v) is 4.54. The molecule has 1 fully saturated rings. The van der Waals surface area contributed by atoms with Crippen LogP contribution in [0.4, 0.5) is 0 Å². The Morgan fingerprint density at radius 3 is 1.84 bits per heavy atom. The lowest BCUT2D eigenvalue weighted by Crippen LogP contribution is -2.58. The Hall–Kier alpha value is -3.72. The van der Waals surface area contributed by atoms with Crippen LogP contribution in [0.15, 0.2) is 60.7 Å². The molecule has 0 aromatic heterocycles. The van der Waals surface area contributed by atoms with E-state index in [1.807, 2.05) is 50.2 Å². The highest BCUT2D eigenvalue weighted by Crippen LogP contribution is 2.11. The maximum atomic E-state index is 13.5. The maximum Gasteiger partial charge on any atom is 0.326 e. The second kappa shape index (κ2) is 14.3. The summed E-state index contributed by atoms with van der Waals surface area (Å²) in [6, 6.07) is 15.0. The lowest BCUT2D eigenvalue weighted by molar-refractivity contribution is -0.142. The number of nitrogens with one attached hydrogen (secondary N) is 4. The first-order valence-electron chi connectivity index (χ1n) is 13.2. The summed E-state index contributed by atoms with van der Waals surface area (Å²) in [7, 11) is 0. The molecule has 2 aromatic rings. The van der Waals surface area contributed by atoms with Crippen molar-refractivity contribution in [3.63, 3.8) is 0 Å². The number of benzene rings is 2. The third-order valence-corrected chi connectivity index (χ3v) is 6.53.